The highest BCUT2D eigenvalue weighted by Crippen LogP contribution is 2.74. The summed E-state index contributed by atoms with van der Waals surface area (Å²) in [5.74, 6) is 2.15. The minimum absolute atomic E-state index is 0.755. The van der Waals surface area contributed by atoms with Crippen molar-refractivity contribution < 1.29 is 0 Å². The van der Waals surface area contributed by atoms with Gasteiger partial charge >= 0.3 is 0 Å². The van der Waals surface area contributed by atoms with Crippen LogP contribution in [0.2, 0.25) is 0 Å². The molecule has 0 aromatic carbocycles. The lowest BCUT2D eigenvalue weighted by atomic mass is 9.87. The van der Waals surface area contributed by atoms with E-state index in [1.807, 2.05) is 0 Å². The highest BCUT2D eigenvalue weighted by Gasteiger charge is 2.65. The zero-order valence-corrected chi connectivity index (χ0v) is 5.15. The zero-order chi connectivity index (χ0) is 5.35. The van der Waals surface area contributed by atoms with Crippen molar-refractivity contribution in [3.05, 3.63) is 11.6 Å². The summed E-state index contributed by atoms with van der Waals surface area (Å²) in [6.07, 6.45) is 5.47. The molecule has 0 heterocycles. The molecular formula is C8H10. The van der Waals surface area contributed by atoms with Crippen LogP contribution < -0.4 is 0 Å². The van der Waals surface area contributed by atoms with E-state index in [1.54, 1.807) is 5.57 Å². The Balaban J connectivity index is 2.22. The molecule has 0 N–H and O–H groups in total. The van der Waals surface area contributed by atoms with Crippen LogP contribution in [0.5, 0.6) is 0 Å². The van der Waals surface area contributed by atoms with Gasteiger partial charge in [0.25, 0.3) is 0 Å². The Morgan fingerprint density at radius 2 is 2.50 bits per heavy atom. The number of hydrogen-bond donors (Lipinski definition) is 0. The van der Waals surface area contributed by atoms with E-state index < -0.39 is 0 Å². The van der Waals surface area contributed by atoms with Crippen molar-refractivity contribution in [3.63, 3.8) is 0 Å². The minimum atomic E-state index is 0.755. The summed E-state index contributed by atoms with van der Waals surface area (Å²) < 4.78 is 0. The monoisotopic (exact) mass is 106 g/mol. The second kappa shape index (κ2) is 0.706. The third-order valence-electron chi connectivity index (χ3n) is 3.42. The molecule has 0 saturated heterocycles. The summed E-state index contributed by atoms with van der Waals surface area (Å²) in [5.41, 5.74) is 2.54. The smallest absolute Gasteiger partial charge is 0.00786 e. The first kappa shape index (κ1) is 3.71. The lowest BCUT2D eigenvalue weighted by molar-refractivity contribution is 0.573. The average Bonchev–Trinajstić information content (AvgIpc) is 2.01. The molecule has 0 aromatic heterocycles. The fourth-order valence-electron chi connectivity index (χ4n) is 2.55. The average molecular weight is 106 g/mol. The third-order valence-corrected chi connectivity index (χ3v) is 3.42. The molecular weight excluding hydrogens is 96.1 g/mol. The molecule has 8 heavy (non-hydrogen) atoms. The summed E-state index contributed by atoms with van der Waals surface area (Å²) in [5, 5.41) is 0. The Bertz CT molecular complexity index is 190. The molecule has 0 aromatic rings. The highest BCUT2D eigenvalue weighted by atomic mass is 14.7. The van der Waals surface area contributed by atoms with Crippen molar-refractivity contribution in [1.29, 1.82) is 0 Å². The van der Waals surface area contributed by atoms with E-state index in [1.165, 1.54) is 12.8 Å². The Kier molecular flexibility index (Phi) is 0.327. The van der Waals surface area contributed by atoms with Gasteiger partial charge in [-0.25, -0.2) is 0 Å². The van der Waals surface area contributed by atoms with E-state index in [4.69, 9.17) is 0 Å². The van der Waals surface area contributed by atoms with E-state index in [0.29, 0.717) is 0 Å². The molecule has 4 aliphatic carbocycles. The SMILES string of the molecule is CC12CC1[C@@H]1C=C2C1. The summed E-state index contributed by atoms with van der Waals surface area (Å²) in [7, 11) is 0. The third kappa shape index (κ3) is 0.180. The van der Waals surface area contributed by atoms with Crippen LogP contribution in [0, 0.1) is 17.3 Å². The molecule has 42 valence electrons. The molecule has 2 saturated carbocycles. The first-order chi connectivity index (χ1) is 3.81. The van der Waals surface area contributed by atoms with E-state index >= 15 is 0 Å². The molecule has 0 heteroatoms. The second-order valence-electron chi connectivity index (χ2n) is 3.79. The molecule has 0 spiro atoms. The second-order valence-corrected chi connectivity index (χ2v) is 3.79. The van der Waals surface area contributed by atoms with Crippen LogP contribution in [-0.4, -0.2) is 0 Å². The van der Waals surface area contributed by atoms with Crippen LogP contribution in [0.3, 0.4) is 0 Å². The van der Waals surface area contributed by atoms with Gasteiger partial charge in [0.1, 0.15) is 0 Å². The minimum Gasteiger partial charge on any atom is -0.0810 e. The van der Waals surface area contributed by atoms with Crippen molar-refractivity contribution in [2.75, 3.05) is 0 Å². The van der Waals surface area contributed by atoms with Crippen LogP contribution in [0.25, 0.3) is 0 Å². The number of rotatable bonds is 0. The maximum absolute atomic E-state index is 2.49. The normalized spacial score (nSPS) is 63.9. The predicted molar refractivity (Wildman–Crippen MR) is 32.4 cm³/mol. The van der Waals surface area contributed by atoms with Crippen LogP contribution in [0.1, 0.15) is 19.8 Å². The van der Waals surface area contributed by atoms with Crippen LogP contribution in [-0.2, 0) is 0 Å². The molecule has 0 amide bonds. The molecule has 4 rings (SSSR count). The maximum atomic E-state index is 2.49. The van der Waals surface area contributed by atoms with E-state index in [9.17, 15) is 0 Å². The number of hydrogen-bond acceptors (Lipinski definition) is 0. The van der Waals surface area contributed by atoms with Crippen molar-refractivity contribution in [3.8, 4) is 0 Å². The first-order valence-electron chi connectivity index (χ1n) is 3.52. The predicted octanol–water partition coefficient (Wildman–Crippen LogP) is 1.97. The van der Waals surface area contributed by atoms with Crippen LogP contribution in [0.4, 0.5) is 0 Å². The summed E-state index contributed by atoms with van der Waals surface area (Å²) in [4.78, 5) is 0. The molecule has 3 atom stereocenters. The Labute approximate surface area is 49.6 Å². The highest BCUT2D eigenvalue weighted by molar-refractivity contribution is 5.42. The van der Waals surface area contributed by atoms with E-state index in [0.717, 1.165) is 17.3 Å². The van der Waals surface area contributed by atoms with Crippen molar-refractivity contribution in [2.45, 2.75) is 19.8 Å². The van der Waals surface area contributed by atoms with Crippen molar-refractivity contribution >= 4 is 0 Å². The summed E-state index contributed by atoms with van der Waals surface area (Å²) in [6.45, 7) is 2.43. The fourth-order valence-corrected chi connectivity index (χ4v) is 2.55. The number of allylic oxidation sites excluding steroid dienone is 2. The topological polar surface area (TPSA) is 0 Å². The maximum Gasteiger partial charge on any atom is -0.00786 e. The first-order valence-corrected chi connectivity index (χ1v) is 3.52. The zero-order valence-electron chi connectivity index (χ0n) is 5.15. The van der Waals surface area contributed by atoms with Crippen LogP contribution in [0.15, 0.2) is 11.6 Å². The van der Waals surface area contributed by atoms with E-state index in [2.05, 4.69) is 13.0 Å². The van der Waals surface area contributed by atoms with Gasteiger partial charge in [-0.15, -0.1) is 0 Å². The van der Waals surface area contributed by atoms with E-state index in [-0.39, 0.29) is 0 Å². The van der Waals surface area contributed by atoms with Gasteiger partial charge in [-0.2, -0.15) is 0 Å². The molecule has 0 radical (unpaired) electrons. The fraction of sp³-hybridized carbons (Fsp3) is 0.750. The van der Waals surface area contributed by atoms with Gasteiger partial charge in [0.2, 0.25) is 0 Å². The standard InChI is InChI=1S/C8H10/c1-8-4-7(8)5-2-6(8)3-5/h2,5,7H,3-4H2,1H3/t5-,7?,8?/m1/s1. The Morgan fingerprint density at radius 1 is 1.75 bits per heavy atom. The molecule has 4 aliphatic rings. The Hall–Kier alpha value is -0.260. The lowest BCUT2D eigenvalue weighted by Gasteiger charge is -2.18. The largest absolute Gasteiger partial charge is 0.0810 e. The van der Waals surface area contributed by atoms with Gasteiger partial charge in [0.15, 0.2) is 0 Å². The molecule has 0 nitrogen and oxygen atoms in total. The van der Waals surface area contributed by atoms with Gasteiger partial charge in [-0.05, 0) is 30.1 Å². The van der Waals surface area contributed by atoms with Crippen LogP contribution >= 0.6 is 0 Å². The summed E-state index contributed by atoms with van der Waals surface area (Å²) >= 11 is 0. The van der Waals surface area contributed by atoms with Gasteiger partial charge in [0, 0.05) is 0 Å². The molecule has 0 aliphatic heterocycles. The summed E-state index contributed by atoms with van der Waals surface area (Å²) in [6, 6.07) is 0. The molecule has 2 unspecified atom stereocenters. The van der Waals surface area contributed by atoms with Crippen molar-refractivity contribution in [1.82, 2.24) is 0 Å². The van der Waals surface area contributed by atoms with Crippen molar-refractivity contribution in [2.24, 2.45) is 17.3 Å². The Morgan fingerprint density at radius 3 is 2.62 bits per heavy atom. The quantitative estimate of drug-likeness (QED) is 0.414. The van der Waals surface area contributed by atoms with Gasteiger partial charge in [-0.1, -0.05) is 18.6 Å². The van der Waals surface area contributed by atoms with Gasteiger partial charge < -0.3 is 0 Å². The lowest BCUT2D eigenvalue weighted by Crippen LogP contribution is -2.04. The van der Waals surface area contributed by atoms with Gasteiger partial charge in [-0.3, -0.25) is 0 Å². The van der Waals surface area contributed by atoms with Gasteiger partial charge in [0.05, 0.1) is 0 Å². The molecule has 2 bridgehead atoms. The molecule has 2 fully saturated rings.